The molecular weight excluding hydrogens is 297 g/mol. The predicted molar refractivity (Wildman–Crippen MR) is 79.7 cm³/mol. The summed E-state index contributed by atoms with van der Waals surface area (Å²) in [6.07, 6.45) is 0. The summed E-state index contributed by atoms with van der Waals surface area (Å²) in [4.78, 5) is 11.3. The maximum absolute atomic E-state index is 13.9. The van der Waals surface area contributed by atoms with Gasteiger partial charge in [-0.05, 0) is 18.2 Å². The lowest BCUT2D eigenvalue weighted by atomic mass is 10.2. The number of nitrogens with one attached hydrogen (secondary N) is 2. The lowest BCUT2D eigenvalue weighted by Crippen LogP contribution is -2.25. The first-order valence-corrected chi connectivity index (χ1v) is 6.49. The highest BCUT2D eigenvalue weighted by molar-refractivity contribution is 6.31. The van der Waals surface area contributed by atoms with Crippen molar-refractivity contribution in [1.82, 2.24) is 0 Å². The number of nitrogens with two attached hydrogens (primary N) is 1. The Bertz CT molecular complexity index is 736. The number of rotatable bonds is 2. The Hall–Kier alpha value is -2.47. The van der Waals surface area contributed by atoms with Gasteiger partial charge in [-0.2, -0.15) is 0 Å². The van der Waals surface area contributed by atoms with E-state index in [1.54, 1.807) is 18.2 Å². The Morgan fingerprint density at radius 1 is 1.33 bits per heavy atom. The molecule has 0 spiro atoms. The van der Waals surface area contributed by atoms with Gasteiger partial charge in [0.2, 0.25) is 0 Å². The van der Waals surface area contributed by atoms with Crippen molar-refractivity contribution in [2.75, 3.05) is 23.0 Å². The molecule has 0 saturated heterocycles. The van der Waals surface area contributed by atoms with Gasteiger partial charge in [-0.15, -0.1) is 0 Å². The van der Waals surface area contributed by atoms with Crippen molar-refractivity contribution < 1.29 is 13.9 Å². The molecule has 21 heavy (non-hydrogen) atoms. The number of fused-ring (bicyclic) bond motifs is 1. The summed E-state index contributed by atoms with van der Waals surface area (Å²) >= 11 is 5.73. The topological polar surface area (TPSA) is 76.4 Å². The van der Waals surface area contributed by atoms with Gasteiger partial charge in [0.05, 0.1) is 27.8 Å². The first-order chi connectivity index (χ1) is 10.0. The molecule has 0 unspecified atom stereocenters. The van der Waals surface area contributed by atoms with Crippen LogP contribution in [-0.4, -0.2) is 12.5 Å². The van der Waals surface area contributed by atoms with Crippen molar-refractivity contribution >= 4 is 40.3 Å². The molecule has 0 bridgehead atoms. The predicted octanol–water partition coefficient (Wildman–Crippen LogP) is 3.14. The fourth-order valence-electron chi connectivity index (χ4n) is 2.00. The van der Waals surface area contributed by atoms with Crippen molar-refractivity contribution in [3.8, 4) is 5.75 Å². The maximum Gasteiger partial charge on any atom is 0.262 e. The van der Waals surface area contributed by atoms with E-state index in [4.69, 9.17) is 22.1 Å². The number of halogens is 2. The average molecular weight is 308 g/mol. The minimum Gasteiger partial charge on any atom is -0.482 e. The summed E-state index contributed by atoms with van der Waals surface area (Å²) in [5.74, 6) is -0.354. The van der Waals surface area contributed by atoms with Gasteiger partial charge in [0.15, 0.2) is 12.4 Å². The molecule has 0 aliphatic carbocycles. The van der Waals surface area contributed by atoms with Crippen LogP contribution in [-0.2, 0) is 4.79 Å². The quantitative estimate of drug-likeness (QED) is 0.745. The van der Waals surface area contributed by atoms with E-state index in [9.17, 15) is 9.18 Å². The van der Waals surface area contributed by atoms with Crippen LogP contribution < -0.4 is 21.1 Å². The van der Waals surface area contributed by atoms with Gasteiger partial charge in [0.25, 0.3) is 5.91 Å². The van der Waals surface area contributed by atoms with E-state index in [1.165, 1.54) is 12.1 Å². The molecule has 2 aromatic carbocycles. The highest BCUT2D eigenvalue weighted by Crippen LogP contribution is 2.37. The summed E-state index contributed by atoms with van der Waals surface area (Å²) < 4.78 is 19.1. The summed E-state index contributed by atoms with van der Waals surface area (Å²) in [5.41, 5.74) is 7.38. The molecule has 1 amide bonds. The van der Waals surface area contributed by atoms with Crippen molar-refractivity contribution in [3.05, 3.63) is 41.2 Å². The zero-order valence-corrected chi connectivity index (χ0v) is 11.5. The van der Waals surface area contributed by atoms with E-state index < -0.39 is 5.82 Å². The number of hydrogen-bond donors (Lipinski definition) is 3. The number of ether oxygens (including phenoxy) is 1. The SMILES string of the molecule is Nc1cc2c(cc1Nc1cccc(Cl)c1F)NC(=O)CO2. The first-order valence-electron chi connectivity index (χ1n) is 6.12. The van der Waals surface area contributed by atoms with Crippen LogP contribution in [0.2, 0.25) is 5.02 Å². The fraction of sp³-hybridized carbons (Fsp3) is 0.0714. The van der Waals surface area contributed by atoms with Crippen LogP contribution in [0.15, 0.2) is 30.3 Å². The smallest absolute Gasteiger partial charge is 0.262 e. The van der Waals surface area contributed by atoms with E-state index in [-0.39, 0.29) is 23.2 Å². The van der Waals surface area contributed by atoms with Crippen LogP contribution in [0.25, 0.3) is 0 Å². The Kier molecular flexibility index (Phi) is 3.31. The molecule has 0 aromatic heterocycles. The molecule has 7 heteroatoms. The van der Waals surface area contributed by atoms with Crippen LogP contribution in [0, 0.1) is 5.82 Å². The number of nitrogen functional groups attached to an aromatic ring is 1. The number of anilines is 4. The van der Waals surface area contributed by atoms with Gasteiger partial charge in [-0.1, -0.05) is 17.7 Å². The Labute approximate surface area is 124 Å². The average Bonchev–Trinajstić information content (AvgIpc) is 2.45. The van der Waals surface area contributed by atoms with E-state index in [0.717, 1.165) is 0 Å². The minimum absolute atomic E-state index is 0.00756. The maximum atomic E-state index is 13.9. The monoisotopic (exact) mass is 307 g/mol. The van der Waals surface area contributed by atoms with Gasteiger partial charge in [0, 0.05) is 6.07 Å². The van der Waals surface area contributed by atoms with Crippen LogP contribution in [0.5, 0.6) is 5.75 Å². The van der Waals surface area contributed by atoms with Gasteiger partial charge < -0.3 is 21.1 Å². The Balaban J connectivity index is 1.97. The Morgan fingerprint density at radius 3 is 2.95 bits per heavy atom. The summed E-state index contributed by atoms with van der Waals surface area (Å²) in [6.45, 7) is -0.0534. The number of benzene rings is 2. The molecule has 3 rings (SSSR count). The van der Waals surface area contributed by atoms with E-state index in [1.807, 2.05) is 0 Å². The molecule has 0 fully saturated rings. The zero-order chi connectivity index (χ0) is 15.0. The number of hydrogen-bond acceptors (Lipinski definition) is 4. The molecule has 4 N–H and O–H groups in total. The number of amides is 1. The van der Waals surface area contributed by atoms with Gasteiger partial charge in [-0.3, -0.25) is 4.79 Å². The minimum atomic E-state index is -0.573. The van der Waals surface area contributed by atoms with Crippen molar-refractivity contribution in [1.29, 1.82) is 0 Å². The summed E-state index contributed by atoms with van der Waals surface area (Å²) in [6, 6.07) is 7.76. The van der Waals surface area contributed by atoms with Gasteiger partial charge >= 0.3 is 0 Å². The third-order valence-electron chi connectivity index (χ3n) is 3.01. The largest absolute Gasteiger partial charge is 0.482 e. The molecule has 1 aliphatic rings. The molecule has 0 atom stereocenters. The van der Waals surface area contributed by atoms with Crippen LogP contribution >= 0.6 is 11.6 Å². The standard InChI is InChI=1S/C14H11ClFN3O2/c15-7-2-1-3-9(14(7)16)18-10-5-11-12(4-8(10)17)21-6-13(20)19-11/h1-5,18H,6,17H2,(H,19,20). The molecule has 5 nitrogen and oxygen atoms in total. The Morgan fingerprint density at radius 2 is 2.14 bits per heavy atom. The van der Waals surface area contributed by atoms with Crippen LogP contribution in [0.3, 0.4) is 0 Å². The highest BCUT2D eigenvalue weighted by Gasteiger charge is 2.18. The summed E-state index contributed by atoms with van der Waals surface area (Å²) in [7, 11) is 0. The van der Waals surface area contributed by atoms with Crippen LogP contribution in [0.1, 0.15) is 0 Å². The van der Waals surface area contributed by atoms with E-state index in [0.29, 0.717) is 22.8 Å². The molecule has 0 radical (unpaired) electrons. The lowest BCUT2D eigenvalue weighted by molar-refractivity contribution is -0.118. The molecule has 0 saturated carbocycles. The molecule has 108 valence electrons. The third kappa shape index (κ3) is 2.57. The van der Waals surface area contributed by atoms with Crippen molar-refractivity contribution in [2.45, 2.75) is 0 Å². The van der Waals surface area contributed by atoms with E-state index in [2.05, 4.69) is 10.6 Å². The van der Waals surface area contributed by atoms with Gasteiger partial charge in [0.1, 0.15) is 5.75 Å². The lowest BCUT2D eigenvalue weighted by Gasteiger charge is -2.20. The second kappa shape index (κ2) is 5.14. The first kappa shape index (κ1) is 13.5. The third-order valence-corrected chi connectivity index (χ3v) is 3.30. The summed E-state index contributed by atoms with van der Waals surface area (Å²) in [5, 5.41) is 5.52. The zero-order valence-electron chi connectivity index (χ0n) is 10.7. The second-order valence-corrected chi connectivity index (χ2v) is 4.91. The fourth-order valence-corrected chi connectivity index (χ4v) is 2.17. The van der Waals surface area contributed by atoms with Gasteiger partial charge in [-0.25, -0.2) is 4.39 Å². The second-order valence-electron chi connectivity index (χ2n) is 4.50. The number of carbonyl (C=O) groups is 1. The van der Waals surface area contributed by atoms with Crippen molar-refractivity contribution in [2.24, 2.45) is 0 Å². The normalized spacial score (nSPS) is 13.1. The van der Waals surface area contributed by atoms with Crippen molar-refractivity contribution in [3.63, 3.8) is 0 Å². The van der Waals surface area contributed by atoms with Crippen LogP contribution in [0.4, 0.5) is 27.1 Å². The highest BCUT2D eigenvalue weighted by atomic mass is 35.5. The molecule has 2 aromatic rings. The number of carbonyl (C=O) groups excluding carboxylic acids is 1. The molecular formula is C14H11ClFN3O2. The molecule has 1 aliphatic heterocycles. The molecule has 1 heterocycles. The van der Waals surface area contributed by atoms with E-state index >= 15 is 0 Å².